The van der Waals surface area contributed by atoms with Crippen LogP contribution in [0.5, 0.6) is 0 Å². The van der Waals surface area contributed by atoms with Crippen molar-refractivity contribution in [1.29, 1.82) is 0 Å². The van der Waals surface area contributed by atoms with E-state index in [9.17, 15) is 0 Å². The van der Waals surface area contributed by atoms with Crippen LogP contribution >= 0.6 is 0 Å². The van der Waals surface area contributed by atoms with Gasteiger partial charge in [-0.25, -0.2) is 0 Å². The average molecular weight is 221 g/mol. The van der Waals surface area contributed by atoms with Gasteiger partial charge in [0, 0.05) is 0 Å². The number of hydrogen-bond donors (Lipinski definition) is 0. The van der Waals surface area contributed by atoms with Gasteiger partial charge < -0.3 is 4.90 Å². The standard InChI is InChI=1S/C7H17N.C6H6.C2H4/c1-7(2)5-6-8(3)4;1-2-4-6-5-3-1;1-2/h7H,5-6H2,1-4H3;1-6H;1-2H2. The lowest BCUT2D eigenvalue weighted by atomic mass is 10.1. The van der Waals surface area contributed by atoms with Gasteiger partial charge in [-0.1, -0.05) is 50.2 Å². The quantitative estimate of drug-likeness (QED) is 0.695. The van der Waals surface area contributed by atoms with Gasteiger partial charge in [0.1, 0.15) is 0 Å². The van der Waals surface area contributed by atoms with Crippen LogP contribution < -0.4 is 0 Å². The number of hydrogen-bond acceptors (Lipinski definition) is 1. The molecule has 0 radical (unpaired) electrons. The van der Waals surface area contributed by atoms with Gasteiger partial charge in [0.2, 0.25) is 0 Å². The van der Waals surface area contributed by atoms with E-state index in [-0.39, 0.29) is 0 Å². The molecule has 0 heterocycles. The van der Waals surface area contributed by atoms with E-state index in [1.165, 1.54) is 13.0 Å². The molecular formula is C15H27N. The second kappa shape index (κ2) is 13.9. The van der Waals surface area contributed by atoms with Crippen molar-refractivity contribution < 1.29 is 0 Å². The number of benzene rings is 1. The van der Waals surface area contributed by atoms with E-state index < -0.39 is 0 Å². The topological polar surface area (TPSA) is 3.24 Å². The van der Waals surface area contributed by atoms with Gasteiger partial charge in [-0.2, -0.15) is 0 Å². The Bertz CT molecular complexity index is 169. The molecule has 0 saturated heterocycles. The average Bonchev–Trinajstić information content (AvgIpc) is 2.32. The lowest BCUT2D eigenvalue weighted by molar-refractivity contribution is 0.369. The second-order valence-electron chi connectivity index (χ2n) is 4.14. The summed E-state index contributed by atoms with van der Waals surface area (Å²) in [6, 6.07) is 12.0. The molecule has 0 aliphatic carbocycles. The molecule has 0 bridgehead atoms. The maximum Gasteiger partial charge on any atom is -0.00224 e. The Labute approximate surface area is 102 Å². The fraction of sp³-hybridized carbons (Fsp3) is 0.467. The van der Waals surface area contributed by atoms with Crippen molar-refractivity contribution in [3.8, 4) is 0 Å². The molecule has 0 N–H and O–H groups in total. The first-order valence-electron chi connectivity index (χ1n) is 5.77. The molecule has 92 valence electrons. The molecule has 0 aliphatic rings. The van der Waals surface area contributed by atoms with Crippen molar-refractivity contribution in [3.05, 3.63) is 49.6 Å². The summed E-state index contributed by atoms with van der Waals surface area (Å²) in [7, 11) is 4.23. The van der Waals surface area contributed by atoms with E-state index >= 15 is 0 Å². The third-order valence-electron chi connectivity index (χ3n) is 1.82. The van der Waals surface area contributed by atoms with Crippen molar-refractivity contribution in [3.63, 3.8) is 0 Å². The minimum atomic E-state index is 0.845. The fourth-order valence-electron chi connectivity index (χ4n) is 0.901. The van der Waals surface area contributed by atoms with Crippen LogP contribution in [0.25, 0.3) is 0 Å². The first-order valence-corrected chi connectivity index (χ1v) is 5.77. The summed E-state index contributed by atoms with van der Waals surface area (Å²) in [5.74, 6) is 0.845. The van der Waals surface area contributed by atoms with Gasteiger partial charge in [-0.05, 0) is 33.0 Å². The highest BCUT2D eigenvalue weighted by Crippen LogP contribution is 1.98. The van der Waals surface area contributed by atoms with E-state index in [1.54, 1.807) is 0 Å². The van der Waals surface area contributed by atoms with Gasteiger partial charge in [0.25, 0.3) is 0 Å². The Morgan fingerprint density at radius 1 is 0.875 bits per heavy atom. The zero-order chi connectivity index (χ0) is 12.8. The zero-order valence-electron chi connectivity index (χ0n) is 11.3. The minimum absolute atomic E-state index is 0.845. The Kier molecular flexibility index (Phi) is 15.1. The molecule has 0 aliphatic heterocycles. The number of nitrogens with zero attached hydrogens (tertiary/aromatic N) is 1. The summed E-state index contributed by atoms with van der Waals surface area (Å²) in [6.07, 6.45) is 1.31. The molecule has 0 saturated carbocycles. The number of rotatable bonds is 3. The summed E-state index contributed by atoms with van der Waals surface area (Å²) in [5, 5.41) is 0. The van der Waals surface area contributed by atoms with Crippen molar-refractivity contribution in [1.82, 2.24) is 4.90 Å². The summed E-state index contributed by atoms with van der Waals surface area (Å²) in [4.78, 5) is 2.22. The van der Waals surface area contributed by atoms with Crippen LogP contribution in [0.3, 0.4) is 0 Å². The van der Waals surface area contributed by atoms with Gasteiger partial charge in [0.15, 0.2) is 0 Å². The van der Waals surface area contributed by atoms with Crippen molar-refractivity contribution in [2.75, 3.05) is 20.6 Å². The van der Waals surface area contributed by atoms with Crippen LogP contribution in [-0.4, -0.2) is 25.5 Å². The fourth-order valence-corrected chi connectivity index (χ4v) is 0.901. The Balaban J connectivity index is 0. The smallest absolute Gasteiger partial charge is 0.00224 e. The maximum atomic E-state index is 3.00. The van der Waals surface area contributed by atoms with Crippen LogP contribution in [0, 0.1) is 5.92 Å². The first-order chi connectivity index (χ1) is 7.63. The molecule has 1 aromatic rings. The molecule has 0 unspecified atom stereocenters. The third-order valence-corrected chi connectivity index (χ3v) is 1.82. The Morgan fingerprint density at radius 3 is 1.31 bits per heavy atom. The summed E-state index contributed by atoms with van der Waals surface area (Å²) in [5.41, 5.74) is 0. The normalized spacial score (nSPS) is 8.88. The highest BCUT2D eigenvalue weighted by molar-refractivity contribution is 4.99. The molecule has 0 spiro atoms. The van der Waals surface area contributed by atoms with Crippen molar-refractivity contribution >= 4 is 0 Å². The van der Waals surface area contributed by atoms with Gasteiger partial charge in [-0.15, -0.1) is 13.2 Å². The third kappa shape index (κ3) is 18.7. The van der Waals surface area contributed by atoms with Gasteiger partial charge in [-0.3, -0.25) is 0 Å². The van der Waals surface area contributed by atoms with Crippen molar-refractivity contribution in [2.24, 2.45) is 5.92 Å². The van der Waals surface area contributed by atoms with Crippen LogP contribution in [0.15, 0.2) is 49.6 Å². The molecular weight excluding hydrogens is 194 g/mol. The molecule has 16 heavy (non-hydrogen) atoms. The minimum Gasteiger partial charge on any atom is -0.309 e. The molecule has 1 aromatic carbocycles. The van der Waals surface area contributed by atoms with Crippen LogP contribution in [-0.2, 0) is 0 Å². The molecule has 1 nitrogen and oxygen atoms in total. The van der Waals surface area contributed by atoms with E-state index in [4.69, 9.17) is 0 Å². The predicted octanol–water partition coefficient (Wildman–Crippen LogP) is 4.08. The lowest BCUT2D eigenvalue weighted by Gasteiger charge is -2.10. The largest absolute Gasteiger partial charge is 0.309 e. The maximum absolute atomic E-state index is 3.00. The van der Waals surface area contributed by atoms with E-state index in [0.717, 1.165) is 5.92 Å². The molecule has 0 atom stereocenters. The molecule has 0 fully saturated rings. The molecule has 1 heteroatoms. The monoisotopic (exact) mass is 221 g/mol. The molecule has 1 rings (SSSR count). The lowest BCUT2D eigenvalue weighted by Crippen LogP contribution is -2.14. The highest BCUT2D eigenvalue weighted by Gasteiger charge is 1.93. The second-order valence-corrected chi connectivity index (χ2v) is 4.14. The summed E-state index contributed by atoms with van der Waals surface area (Å²) in [6.45, 7) is 11.7. The van der Waals surface area contributed by atoms with E-state index in [0.29, 0.717) is 0 Å². The van der Waals surface area contributed by atoms with Crippen LogP contribution in [0.1, 0.15) is 20.3 Å². The zero-order valence-corrected chi connectivity index (χ0v) is 11.3. The van der Waals surface area contributed by atoms with Crippen LogP contribution in [0.2, 0.25) is 0 Å². The molecule has 0 amide bonds. The Hall–Kier alpha value is -1.08. The summed E-state index contributed by atoms with van der Waals surface area (Å²) < 4.78 is 0. The first kappa shape index (κ1) is 17.3. The van der Waals surface area contributed by atoms with Gasteiger partial charge >= 0.3 is 0 Å². The van der Waals surface area contributed by atoms with E-state index in [1.807, 2.05) is 36.4 Å². The SMILES string of the molecule is C=C.CC(C)CCN(C)C.c1ccccc1. The van der Waals surface area contributed by atoms with Gasteiger partial charge in [0.05, 0.1) is 0 Å². The van der Waals surface area contributed by atoms with E-state index in [2.05, 4.69) is 46.0 Å². The molecule has 0 aromatic heterocycles. The Morgan fingerprint density at radius 2 is 1.19 bits per heavy atom. The highest BCUT2D eigenvalue weighted by atomic mass is 15.0. The van der Waals surface area contributed by atoms with Crippen molar-refractivity contribution in [2.45, 2.75) is 20.3 Å². The predicted molar refractivity (Wildman–Crippen MR) is 75.7 cm³/mol. The van der Waals surface area contributed by atoms with Crippen LogP contribution in [0.4, 0.5) is 0 Å². The summed E-state index contributed by atoms with van der Waals surface area (Å²) >= 11 is 0.